The van der Waals surface area contributed by atoms with Crippen molar-refractivity contribution in [3.05, 3.63) is 90.5 Å². The van der Waals surface area contributed by atoms with Crippen molar-refractivity contribution < 1.29 is 4.74 Å². The quantitative estimate of drug-likeness (QED) is 0.447. The summed E-state index contributed by atoms with van der Waals surface area (Å²) in [5.74, 6) is 0.937. The van der Waals surface area contributed by atoms with Gasteiger partial charge >= 0.3 is 0 Å². The van der Waals surface area contributed by atoms with E-state index in [2.05, 4.69) is 60.7 Å². The predicted octanol–water partition coefficient (Wildman–Crippen LogP) is 5.57. The molecule has 4 aromatic rings. The summed E-state index contributed by atoms with van der Waals surface area (Å²) in [6, 6.07) is 29.4. The van der Waals surface area contributed by atoms with E-state index in [0.29, 0.717) is 6.61 Å². The van der Waals surface area contributed by atoms with Gasteiger partial charge in [-0.2, -0.15) is 0 Å². The summed E-state index contributed by atoms with van der Waals surface area (Å²) in [4.78, 5) is 0. The Bertz CT molecular complexity index is 926. The van der Waals surface area contributed by atoms with Gasteiger partial charge in [0.25, 0.3) is 0 Å². The lowest BCUT2D eigenvalue weighted by atomic mass is 10.0. The molecule has 22 heavy (non-hydrogen) atoms. The van der Waals surface area contributed by atoms with Gasteiger partial charge in [-0.3, -0.25) is 0 Å². The van der Waals surface area contributed by atoms with E-state index < -0.39 is 0 Å². The lowest BCUT2D eigenvalue weighted by molar-refractivity contribution is 0.310. The number of fused-ring (bicyclic) bond motifs is 2. The molecule has 0 aliphatic rings. The maximum absolute atomic E-state index is 6.05. The summed E-state index contributed by atoms with van der Waals surface area (Å²) in [5, 5.41) is 4.88. The highest BCUT2D eigenvalue weighted by Gasteiger charge is 2.04. The zero-order valence-corrected chi connectivity index (χ0v) is 12.2. The van der Waals surface area contributed by atoms with Crippen LogP contribution in [0.25, 0.3) is 21.5 Å². The minimum absolute atomic E-state index is 0.590. The fraction of sp³-hybridized carbons (Fsp3) is 0.0476. The molecule has 0 bridgehead atoms. The third-order valence-corrected chi connectivity index (χ3v) is 3.94. The van der Waals surface area contributed by atoms with Gasteiger partial charge in [-0.1, -0.05) is 66.7 Å². The average Bonchev–Trinajstić information content (AvgIpc) is 2.59. The number of rotatable bonds is 3. The Morgan fingerprint density at radius 1 is 0.591 bits per heavy atom. The molecule has 0 atom stereocenters. The van der Waals surface area contributed by atoms with E-state index in [1.165, 1.54) is 21.7 Å². The molecule has 0 radical (unpaired) electrons. The molecular weight excluding hydrogens is 268 g/mol. The zero-order chi connectivity index (χ0) is 14.8. The number of ether oxygens (including phenoxy) is 1. The van der Waals surface area contributed by atoms with E-state index >= 15 is 0 Å². The molecule has 0 aliphatic carbocycles. The Balaban J connectivity index is 1.75. The topological polar surface area (TPSA) is 9.23 Å². The van der Waals surface area contributed by atoms with Crippen LogP contribution in [0, 0.1) is 0 Å². The standard InChI is InChI=1S/C21H16O/c1-2-7-16(8-3-1)15-22-21-12-6-11-19-13-17-9-4-5-10-18(17)14-20(19)21/h1-14H,15H2. The second-order valence-corrected chi connectivity index (χ2v) is 5.45. The first kappa shape index (κ1) is 12.9. The van der Waals surface area contributed by atoms with Crippen molar-refractivity contribution in [1.29, 1.82) is 0 Å². The van der Waals surface area contributed by atoms with E-state index in [1.807, 2.05) is 24.3 Å². The fourth-order valence-electron chi connectivity index (χ4n) is 2.80. The monoisotopic (exact) mass is 284 g/mol. The van der Waals surface area contributed by atoms with Crippen LogP contribution in [0.5, 0.6) is 5.75 Å². The van der Waals surface area contributed by atoms with Gasteiger partial charge in [0.05, 0.1) is 0 Å². The normalized spacial score (nSPS) is 10.9. The molecule has 0 aromatic heterocycles. The molecule has 0 saturated carbocycles. The predicted molar refractivity (Wildman–Crippen MR) is 92.2 cm³/mol. The molecule has 0 amide bonds. The van der Waals surface area contributed by atoms with Crippen LogP contribution < -0.4 is 4.74 Å². The molecule has 4 rings (SSSR count). The van der Waals surface area contributed by atoms with Crippen molar-refractivity contribution in [2.75, 3.05) is 0 Å². The van der Waals surface area contributed by atoms with Crippen molar-refractivity contribution in [2.45, 2.75) is 6.61 Å². The van der Waals surface area contributed by atoms with Crippen molar-refractivity contribution >= 4 is 21.5 Å². The third-order valence-electron chi connectivity index (χ3n) is 3.94. The third kappa shape index (κ3) is 2.42. The number of hydrogen-bond acceptors (Lipinski definition) is 1. The van der Waals surface area contributed by atoms with Crippen molar-refractivity contribution in [1.82, 2.24) is 0 Å². The van der Waals surface area contributed by atoms with Crippen LogP contribution in [-0.2, 0) is 6.61 Å². The number of hydrogen-bond donors (Lipinski definition) is 0. The van der Waals surface area contributed by atoms with Crippen molar-refractivity contribution in [2.24, 2.45) is 0 Å². The van der Waals surface area contributed by atoms with E-state index in [0.717, 1.165) is 11.1 Å². The summed E-state index contributed by atoms with van der Waals surface area (Å²) >= 11 is 0. The van der Waals surface area contributed by atoms with Gasteiger partial charge in [0, 0.05) is 5.39 Å². The van der Waals surface area contributed by atoms with Gasteiger partial charge in [0.2, 0.25) is 0 Å². The summed E-state index contributed by atoms with van der Waals surface area (Å²) in [6.07, 6.45) is 0. The van der Waals surface area contributed by atoms with Crippen molar-refractivity contribution in [3.63, 3.8) is 0 Å². The summed E-state index contributed by atoms with van der Waals surface area (Å²) in [5.41, 5.74) is 1.18. The van der Waals surface area contributed by atoms with E-state index in [1.54, 1.807) is 0 Å². The molecule has 0 saturated heterocycles. The molecule has 106 valence electrons. The van der Waals surface area contributed by atoms with Gasteiger partial charge in [-0.25, -0.2) is 0 Å². The lowest BCUT2D eigenvalue weighted by Crippen LogP contribution is -1.95. The Hall–Kier alpha value is -2.80. The van der Waals surface area contributed by atoms with Crippen molar-refractivity contribution in [3.8, 4) is 5.75 Å². The fourth-order valence-corrected chi connectivity index (χ4v) is 2.80. The summed E-state index contributed by atoms with van der Waals surface area (Å²) in [6.45, 7) is 0.590. The summed E-state index contributed by atoms with van der Waals surface area (Å²) in [7, 11) is 0. The minimum atomic E-state index is 0.590. The Kier molecular flexibility index (Phi) is 3.24. The SMILES string of the molecule is c1ccc(COc2cccc3cc4ccccc4cc23)cc1. The second kappa shape index (κ2) is 5.53. The van der Waals surface area contributed by atoms with Crippen LogP contribution in [0.3, 0.4) is 0 Å². The first-order valence-electron chi connectivity index (χ1n) is 7.48. The largest absolute Gasteiger partial charge is 0.488 e. The van der Waals surface area contributed by atoms with Crippen LogP contribution in [-0.4, -0.2) is 0 Å². The maximum Gasteiger partial charge on any atom is 0.127 e. The van der Waals surface area contributed by atoms with Crippen LogP contribution in [0.4, 0.5) is 0 Å². The minimum Gasteiger partial charge on any atom is -0.488 e. The molecule has 1 heteroatoms. The molecule has 1 nitrogen and oxygen atoms in total. The van der Waals surface area contributed by atoms with Gasteiger partial charge in [-0.15, -0.1) is 0 Å². The highest BCUT2D eigenvalue weighted by Crippen LogP contribution is 2.30. The van der Waals surface area contributed by atoms with E-state index in [-0.39, 0.29) is 0 Å². The van der Waals surface area contributed by atoms with E-state index in [4.69, 9.17) is 4.74 Å². The molecular formula is C21H16O. The molecule has 0 heterocycles. The van der Waals surface area contributed by atoms with Crippen LogP contribution >= 0.6 is 0 Å². The molecule has 0 unspecified atom stereocenters. The van der Waals surface area contributed by atoms with Crippen LogP contribution in [0.1, 0.15) is 5.56 Å². The number of benzene rings is 4. The van der Waals surface area contributed by atoms with Crippen LogP contribution in [0.15, 0.2) is 84.9 Å². The highest BCUT2D eigenvalue weighted by molar-refractivity contribution is 6.00. The first-order valence-corrected chi connectivity index (χ1v) is 7.48. The zero-order valence-electron chi connectivity index (χ0n) is 12.2. The molecule has 4 aromatic carbocycles. The Morgan fingerprint density at radius 2 is 1.27 bits per heavy atom. The van der Waals surface area contributed by atoms with Gasteiger partial charge in [0.15, 0.2) is 0 Å². The van der Waals surface area contributed by atoms with Gasteiger partial charge in [-0.05, 0) is 39.9 Å². The van der Waals surface area contributed by atoms with Gasteiger partial charge < -0.3 is 4.74 Å². The summed E-state index contributed by atoms with van der Waals surface area (Å²) < 4.78 is 6.05. The smallest absolute Gasteiger partial charge is 0.127 e. The first-order chi connectivity index (χ1) is 10.9. The molecule has 0 N–H and O–H groups in total. The Labute approximate surface area is 129 Å². The molecule has 0 aliphatic heterocycles. The molecule has 0 spiro atoms. The second-order valence-electron chi connectivity index (χ2n) is 5.45. The average molecular weight is 284 g/mol. The van der Waals surface area contributed by atoms with E-state index in [9.17, 15) is 0 Å². The maximum atomic E-state index is 6.05. The molecule has 0 fully saturated rings. The van der Waals surface area contributed by atoms with Gasteiger partial charge in [0.1, 0.15) is 12.4 Å². The lowest BCUT2D eigenvalue weighted by Gasteiger charge is -2.10. The van der Waals surface area contributed by atoms with Crippen LogP contribution in [0.2, 0.25) is 0 Å². The Morgan fingerprint density at radius 3 is 2.09 bits per heavy atom. The highest BCUT2D eigenvalue weighted by atomic mass is 16.5.